The number of rotatable bonds is 5. The van der Waals surface area contributed by atoms with Gasteiger partial charge in [0.25, 0.3) is 0 Å². The van der Waals surface area contributed by atoms with E-state index >= 15 is 0 Å². The summed E-state index contributed by atoms with van der Waals surface area (Å²) in [5.41, 5.74) is 1.27. The van der Waals surface area contributed by atoms with E-state index in [0.29, 0.717) is 17.0 Å². The Morgan fingerprint density at radius 2 is 2.00 bits per heavy atom. The van der Waals surface area contributed by atoms with E-state index in [1.807, 2.05) is 30.3 Å². The monoisotopic (exact) mass is 348 g/mol. The lowest BCUT2D eigenvalue weighted by Gasteiger charge is -2.17. The lowest BCUT2D eigenvalue weighted by molar-refractivity contribution is 0.216. The third-order valence-electron chi connectivity index (χ3n) is 4.17. The van der Waals surface area contributed by atoms with Crippen LogP contribution in [0.4, 0.5) is 9.18 Å². The number of halogens is 2. The van der Waals surface area contributed by atoms with Crippen molar-refractivity contribution in [2.45, 2.75) is 24.4 Å². The molecule has 0 aliphatic heterocycles. The third kappa shape index (κ3) is 3.68. The highest BCUT2D eigenvalue weighted by molar-refractivity contribution is 6.31. The molecule has 0 saturated heterocycles. The molecule has 6 heteroatoms. The Hall–Kier alpha value is -2.11. The standard InChI is InChI=1S/C18H18ClFN2O2/c19-13-7-4-8-14(20)17(13)12-9-15(12)21-18(24)22-16(10-23)11-5-2-1-3-6-11/h1-8,12,15-16,23H,9-10H2,(H2,21,22,24). The van der Waals surface area contributed by atoms with Crippen molar-refractivity contribution in [2.24, 2.45) is 0 Å². The Bertz CT molecular complexity index is 706. The molecule has 1 aliphatic rings. The van der Waals surface area contributed by atoms with E-state index in [1.54, 1.807) is 12.1 Å². The van der Waals surface area contributed by atoms with Gasteiger partial charge in [0.05, 0.1) is 12.6 Å². The van der Waals surface area contributed by atoms with Gasteiger partial charge in [-0.2, -0.15) is 0 Å². The first-order chi connectivity index (χ1) is 11.6. The molecule has 1 aliphatic carbocycles. The zero-order valence-electron chi connectivity index (χ0n) is 12.9. The van der Waals surface area contributed by atoms with Crippen molar-refractivity contribution in [1.29, 1.82) is 0 Å². The van der Waals surface area contributed by atoms with Crippen LogP contribution < -0.4 is 10.6 Å². The van der Waals surface area contributed by atoms with Gasteiger partial charge >= 0.3 is 6.03 Å². The fourth-order valence-corrected chi connectivity index (χ4v) is 3.13. The van der Waals surface area contributed by atoms with Crippen LogP contribution in [0.1, 0.15) is 29.5 Å². The summed E-state index contributed by atoms with van der Waals surface area (Å²) < 4.78 is 13.9. The smallest absolute Gasteiger partial charge is 0.315 e. The highest BCUT2D eigenvalue weighted by Gasteiger charge is 2.42. The number of benzene rings is 2. The number of nitrogens with one attached hydrogen (secondary N) is 2. The van der Waals surface area contributed by atoms with Crippen molar-refractivity contribution in [2.75, 3.05) is 6.61 Å². The summed E-state index contributed by atoms with van der Waals surface area (Å²) in [5, 5.41) is 15.4. The van der Waals surface area contributed by atoms with Crippen molar-refractivity contribution < 1.29 is 14.3 Å². The van der Waals surface area contributed by atoms with Crippen molar-refractivity contribution in [3.63, 3.8) is 0 Å². The molecule has 4 nitrogen and oxygen atoms in total. The maximum Gasteiger partial charge on any atom is 0.315 e. The molecule has 3 unspecified atom stereocenters. The number of urea groups is 1. The van der Waals surface area contributed by atoms with Gasteiger partial charge in [-0.05, 0) is 24.1 Å². The first-order valence-electron chi connectivity index (χ1n) is 7.77. The average Bonchev–Trinajstić information content (AvgIpc) is 3.31. The SMILES string of the molecule is O=C(NC(CO)c1ccccc1)NC1CC1c1c(F)cccc1Cl. The molecule has 2 aromatic carbocycles. The Kier molecular flexibility index (Phi) is 5.02. The van der Waals surface area contributed by atoms with Crippen LogP contribution in [0, 0.1) is 5.82 Å². The van der Waals surface area contributed by atoms with E-state index in [-0.39, 0.29) is 24.4 Å². The minimum atomic E-state index is -0.486. The number of hydrogen-bond acceptors (Lipinski definition) is 2. The van der Waals surface area contributed by atoms with Crippen LogP contribution in [0.3, 0.4) is 0 Å². The maximum absolute atomic E-state index is 13.9. The van der Waals surface area contributed by atoms with Gasteiger partial charge in [0.15, 0.2) is 0 Å². The topological polar surface area (TPSA) is 61.4 Å². The van der Waals surface area contributed by atoms with Crippen LogP contribution in [0.5, 0.6) is 0 Å². The van der Waals surface area contributed by atoms with Crippen LogP contribution in [0.25, 0.3) is 0 Å². The van der Waals surface area contributed by atoms with Gasteiger partial charge in [0, 0.05) is 22.5 Å². The average molecular weight is 349 g/mol. The molecule has 0 aromatic heterocycles. The van der Waals surface area contributed by atoms with Crippen molar-refractivity contribution >= 4 is 17.6 Å². The summed E-state index contributed by atoms with van der Waals surface area (Å²) in [6.07, 6.45) is 0.642. The van der Waals surface area contributed by atoms with E-state index in [4.69, 9.17) is 11.6 Å². The largest absolute Gasteiger partial charge is 0.394 e. The molecule has 0 radical (unpaired) electrons. The molecule has 1 saturated carbocycles. The zero-order chi connectivity index (χ0) is 17.1. The molecular weight excluding hydrogens is 331 g/mol. The number of carbonyl (C=O) groups excluding carboxylic acids is 1. The second-order valence-electron chi connectivity index (χ2n) is 5.85. The van der Waals surface area contributed by atoms with E-state index in [1.165, 1.54) is 6.07 Å². The number of hydrogen-bond donors (Lipinski definition) is 3. The Balaban J connectivity index is 1.59. The van der Waals surface area contributed by atoms with Crippen LogP contribution >= 0.6 is 11.6 Å². The van der Waals surface area contributed by atoms with Gasteiger partial charge in [-0.15, -0.1) is 0 Å². The Morgan fingerprint density at radius 1 is 1.25 bits per heavy atom. The number of amides is 2. The first-order valence-corrected chi connectivity index (χ1v) is 8.14. The van der Waals surface area contributed by atoms with E-state index in [0.717, 1.165) is 5.56 Å². The minimum Gasteiger partial charge on any atom is -0.394 e. The second-order valence-corrected chi connectivity index (χ2v) is 6.25. The molecule has 3 rings (SSSR count). The highest BCUT2D eigenvalue weighted by Crippen LogP contribution is 2.44. The molecule has 0 bridgehead atoms. The second kappa shape index (κ2) is 7.20. The molecule has 0 spiro atoms. The molecule has 0 heterocycles. The number of aliphatic hydroxyl groups is 1. The fourth-order valence-electron chi connectivity index (χ4n) is 2.83. The summed E-state index contributed by atoms with van der Waals surface area (Å²) in [4.78, 5) is 12.1. The van der Waals surface area contributed by atoms with E-state index < -0.39 is 12.1 Å². The van der Waals surface area contributed by atoms with Crippen LogP contribution in [-0.2, 0) is 0 Å². The maximum atomic E-state index is 13.9. The molecular formula is C18H18ClFN2O2. The summed E-state index contributed by atoms with van der Waals surface area (Å²) >= 11 is 6.05. The fraction of sp³-hybridized carbons (Fsp3) is 0.278. The molecule has 2 aromatic rings. The van der Waals surface area contributed by atoms with Crippen molar-refractivity contribution in [3.05, 3.63) is 70.5 Å². The summed E-state index contributed by atoms with van der Waals surface area (Å²) in [6, 6.07) is 12.8. The van der Waals surface area contributed by atoms with Crippen molar-refractivity contribution in [1.82, 2.24) is 10.6 Å². The van der Waals surface area contributed by atoms with Gasteiger partial charge < -0.3 is 15.7 Å². The molecule has 3 N–H and O–H groups in total. The lowest BCUT2D eigenvalue weighted by atomic mass is 10.1. The van der Waals surface area contributed by atoms with E-state index in [2.05, 4.69) is 10.6 Å². The molecule has 126 valence electrons. The molecule has 1 fully saturated rings. The molecule has 24 heavy (non-hydrogen) atoms. The summed E-state index contributed by atoms with van der Waals surface area (Å²) in [5.74, 6) is -0.469. The highest BCUT2D eigenvalue weighted by atomic mass is 35.5. The van der Waals surface area contributed by atoms with Crippen LogP contribution in [-0.4, -0.2) is 23.8 Å². The Labute approximate surface area is 144 Å². The number of aliphatic hydroxyl groups excluding tert-OH is 1. The third-order valence-corrected chi connectivity index (χ3v) is 4.50. The quantitative estimate of drug-likeness (QED) is 0.775. The zero-order valence-corrected chi connectivity index (χ0v) is 13.6. The van der Waals surface area contributed by atoms with Gasteiger partial charge in [0.2, 0.25) is 0 Å². The van der Waals surface area contributed by atoms with Crippen LogP contribution in [0.2, 0.25) is 5.02 Å². The minimum absolute atomic E-state index is 0.117. The first kappa shape index (κ1) is 16.7. The summed E-state index contributed by atoms with van der Waals surface area (Å²) in [6.45, 7) is -0.204. The van der Waals surface area contributed by atoms with Crippen molar-refractivity contribution in [3.8, 4) is 0 Å². The van der Waals surface area contributed by atoms with Gasteiger partial charge in [-0.25, -0.2) is 9.18 Å². The Morgan fingerprint density at radius 3 is 2.67 bits per heavy atom. The van der Waals surface area contributed by atoms with Gasteiger partial charge in [-0.3, -0.25) is 0 Å². The molecule has 3 atom stereocenters. The predicted octanol–water partition coefficient (Wildman–Crippen LogP) is 3.37. The summed E-state index contributed by atoms with van der Waals surface area (Å²) in [7, 11) is 0. The molecule has 2 amide bonds. The van der Waals surface area contributed by atoms with Gasteiger partial charge in [0.1, 0.15) is 5.82 Å². The lowest BCUT2D eigenvalue weighted by Crippen LogP contribution is -2.40. The number of carbonyl (C=O) groups is 1. The van der Waals surface area contributed by atoms with Gasteiger partial charge in [-0.1, -0.05) is 48.0 Å². The van der Waals surface area contributed by atoms with Crippen LogP contribution in [0.15, 0.2) is 48.5 Å². The normalized spacial score (nSPS) is 20.3. The van der Waals surface area contributed by atoms with E-state index in [9.17, 15) is 14.3 Å². The predicted molar refractivity (Wildman–Crippen MR) is 90.5 cm³/mol.